The van der Waals surface area contributed by atoms with Crippen LogP contribution in [0.5, 0.6) is 0 Å². The average Bonchev–Trinajstić information content (AvgIpc) is 2.37. The second-order valence-corrected chi connectivity index (χ2v) is 5.44. The molecule has 1 fully saturated rings. The smallest absolute Gasteiger partial charge is 0.0308 e. The van der Waals surface area contributed by atoms with Crippen molar-refractivity contribution >= 4 is 6.21 Å². The van der Waals surface area contributed by atoms with Gasteiger partial charge in [-0.05, 0) is 58.1 Å². The summed E-state index contributed by atoms with van der Waals surface area (Å²) in [5.41, 5.74) is 1.29. The quantitative estimate of drug-likeness (QED) is 0.529. The van der Waals surface area contributed by atoms with Gasteiger partial charge in [-0.1, -0.05) is 19.1 Å². The summed E-state index contributed by atoms with van der Waals surface area (Å²) in [6.45, 7) is 7.39. The minimum Gasteiger partial charge on any atom is -0.299 e. The molecule has 18 heavy (non-hydrogen) atoms. The van der Waals surface area contributed by atoms with E-state index in [4.69, 9.17) is 0 Å². The molecule has 0 bridgehead atoms. The molecule has 0 radical (unpaired) electrons. The van der Waals surface area contributed by atoms with Crippen molar-refractivity contribution in [3.63, 3.8) is 0 Å². The van der Waals surface area contributed by atoms with Gasteiger partial charge in [-0.2, -0.15) is 0 Å². The van der Waals surface area contributed by atoms with Gasteiger partial charge in [0.2, 0.25) is 0 Å². The third kappa shape index (κ3) is 5.18. The van der Waals surface area contributed by atoms with E-state index in [0.717, 1.165) is 18.5 Å². The van der Waals surface area contributed by atoms with Crippen molar-refractivity contribution in [3.05, 3.63) is 23.9 Å². The Hall–Kier alpha value is -0.890. The van der Waals surface area contributed by atoms with Crippen molar-refractivity contribution in [2.45, 2.75) is 52.5 Å². The monoisotopic (exact) mass is 248 g/mol. The third-order valence-corrected chi connectivity index (χ3v) is 3.81. The van der Waals surface area contributed by atoms with E-state index in [9.17, 15) is 0 Å². The summed E-state index contributed by atoms with van der Waals surface area (Å²) >= 11 is 0. The Bertz CT molecular complexity index is 307. The number of hydrogen-bond acceptors (Lipinski definition) is 2. The van der Waals surface area contributed by atoms with E-state index < -0.39 is 0 Å². The third-order valence-electron chi connectivity index (χ3n) is 3.81. The maximum atomic E-state index is 4.24. The van der Waals surface area contributed by atoms with Crippen molar-refractivity contribution in [1.29, 1.82) is 0 Å². The largest absolute Gasteiger partial charge is 0.299 e. The number of likely N-dealkylation sites (N-methyl/N-ethyl adjacent to an activating group) is 1. The van der Waals surface area contributed by atoms with Gasteiger partial charge in [-0.3, -0.25) is 9.89 Å². The van der Waals surface area contributed by atoms with Crippen molar-refractivity contribution in [2.75, 3.05) is 13.6 Å². The van der Waals surface area contributed by atoms with Crippen molar-refractivity contribution in [3.8, 4) is 0 Å². The second kappa shape index (κ2) is 8.25. The molecule has 0 aromatic heterocycles. The molecule has 1 saturated carbocycles. The minimum absolute atomic E-state index is 0.750. The van der Waals surface area contributed by atoms with E-state index in [1.54, 1.807) is 0 Å². The highest BCUT2D eigenvalue weighted by atomic mass is 15.1. The van der Waals surface area contributed by atoms with Gasteiger partial charge in [0.25, 0.3) is 0 Å². The van der Waals surface area contributed by atoms with Crippen molar-refractivity contribution in [2.24, 2.45) is 10.9 Å². The van der Waals surface area contributed by atoms with Gasteiger partial charge in [0, 0.05) is 25.0 Å². The molecular weight excluding hydrogens is 220 g/mol. The SMILES string of the molecule is CC=N/C=C(\C=C/C)CN(C)C1CCC(C)CC1. The van der Waals surface area contributed by atoms with E-state index in [0.29, 0.717) is 0 Å². The van der Waals surface area contributed by atoms with Crippen LogP contribution in [0.2, 0.25) is 0 Å². The zero-order valence-corrected chi connectivity index (χ0v) is 12.4. The Morgan fingerprint density at radius 2 is 1.89 bits per heavy atom. The van der Waals surface area contributed by atoms with E-state index in [-0.39, 0.29) is 0 Å². The summed E-state index contributed by atoms with van der Waals surface area (Å²) in [5.74, 6) is 0.921. The molecular formula is C16H28N2. The zero-order valence-electron chi connectivity index (χ0n) is 12.4. The Morgan fingerprint density at radius 3 is 2.44 bits per heavy atom. The van der Waals surface area contributed by atoms with Gasteiger partial charge >= 0.3 is 0 Å². The fourth-order valence-corrected chi connectivity index (χ4v) is 2.62. The first-order valence-electron chi connectivity index (χ1n) is 7.17. The van der Waals surface area contributed by atoms with Crippen molar-refractivity contribution < 1.29 is 0 Å². The maximum Gasteiger partial charge on any atom is 0.0308 e. The molecule has 0 aliphatic heterocycles. The number of allylic oxidation sites excluding steroid dienone is 1. The Kier molecular flexibility index (Phi) is 6.96. The lowest BCUT2D eigenvalue weighted by Crippen LogP contribution is -2.35. The van der Waals surface area contributed by atoms with E-state index in [1.807, 2.05) is 19.3 Å². The molecule has 0 saturated heterocycles. The Balaban J connectivity index is 2.53. The maximum absolute atomic E-state index is 4.24. The highest BCUT2D eigenvalue weighted by Crippen LogP contribution is 2.26. The minimum atomic E-state index is 0.750. The van der Waals surface area contributed by atoms with Gasteiger partial charge < -0.3 is 0 Å². The molecule has 0 heterocycles. The molecule has 102 valence electrons. The van der Waals surface area contributed by atoms with Gasteiger partial charge in [0.05, 0.1) is 0 Å². The topological polar surface area (TPSA) is 15.6 Å². The van der Waals surface area contributed by atoms with Crippen LogP contribution >= 0.6 is 0 Å². The van der Waals surface area contributed by atoms with Crippen LogP contribution in [0.4, 0.5) is 0 Å². The summed E-state index contributed by atoms with van der Waals surface area (Å²) < 4.78 is 0. The van der Waals surface area contributed by atoms with Crippen LogP contribution in [-0.4, -0.2) is 30.7 Å². The lowest BCUT2D eigenvalue weighted by atomic mass is 9.86. The Labute approximate surface area is 112 Å². The molecule has 0 spiro atoms. The molecule has 0 N–H and O–H groups in total. The number of hydrogen-bond donors (Lipinski definition) is 0. The number of rotatable bonds is 5. The highest BCUT2D eigenvalue weighted by molar-refractivity contribution is 5.54. The predicted molar refractivity (Wildman–Crippen MR) is 81.1 cm³/mol. The number of aliphatic imine (C=N–C) groups is 1. The first kappa shape index (κ1) is 15.2. The Morgan fingerprint density at radius 1 is 1.22 bits per heavy atom. The highest BCUT2D eigenvalue weighted by Gasteiger charge is 2.21. The van der Waals surface area contributed by atoms with Gasteiger partial charge in [0.1, 0.15) is 0 Å². The molecule has 0 atom stereocenters. The molecule has 0 unspecified atom stereocenters. The fraction of sp³-hybridized carbons (Fsp3) is 0.688. The van der Waals surface area contributed by atoms with Gasteiger partial charge in [-0.25, -0.2) is 0 Å². The lowest BCUT2D eigenvalue weighted by molar-refractivity contribution is 0.182. The molecule has 1 rings (SSSR count). The lowest BCUT2D eigenvalue weighted by Gasteiger charge is -2.33. The van der Waals surface area contributed by atoms with E-state index in [2.05, 4.69) is 42.9 Å². The van der Waals surface area contributed by atoms with Crippen molar-refractivity contribution in [1.82, 2.24) is 4.90 Å². The van der Waals surface area contributed by atoms with Crippen LogP contribution in [0, 0.1) is 5.92 Å². The molecule has 1 aliphatic carbocycles. The summed E-state index contributed by atoms with van der Waals surface area (Å²) in [5, 5.41) is 0. The van der Waals surface area contributed by atoms with E-state index >= 15 is 0 Å². The van der Waals surface area contributed by atoms with Gasteiger partial charge in [0.15, 0.2) is 0 Å². The van der Waals surface area contributed by atoms with Crippen LogP contribution < -0.4 is 0 Å². The average molecular weight is 248 g/mol. The first-order valence-corrected chi connectivity index (χ1v) is 7.17. The van der Waals surface area contributed by atoms with Crippen LogP contribution in [0.25, 0.3) is 0 Å². The molecule has 0 amide bonds. The molecule has 2 heteroatoms. The van der Waals surface area contributed by atoms with Crippen LogP contribution in [-0.2, 0) is 0 Å². The van der Waals surface area contributed by atoms with Crippen LogP contribution in [0.1, 0.15) is 46.5 Å². The van der Waals surface area contributed by atoms with Crippen LogP contribution in [0.15, 0.2) is 28.9 Å². The number of nitrogens with zero attached hydrogens (tertiary/aromatic N) is 2. The summed E-state index contributed by atoms with van der Waals surface area (Å²) in [4.78, 5) is 6.73. The first-order chi connectivity index (χ1) is 8.67. The second-order valence-electron chi connectivity index (χ2n) is 5.44. The zero-order chi connectivity index (χ0) is 13.4. The van der Waals surface area contributed by atoms with E-state index in [1.165, 1.54) is 31.3 Å². The van der Waals surface area contributed by atoms with Crippen LogP contribution in [0.3, 0.4) is 0 Å². The summed E-state index contributed by atoms with van der Waals surface area (Å²) in [7, 11) is 2.24. The molecule has 0 aromatic rings. The normalized spacial score (nSPS) is 26.6. The molecule has 1 aliphatic rings. The fourth-order valence-electron chi connectivity index (χ4n) is 2.62. The molecule has 0 aromatic carbocycles. The van der Waals surface area contributed by atoms with Gasteiger partial charge in [-0.15, -0.1) is 0 Å². The summed E-state index contributed by atoms with van der Waals surface area (Å²) in [6.07, 6.45) is 13.5. The standard InChI is InChI=1S/C16H28N2/c1-5-7-15(12-17-6-2)13-18(4)16-10-8-14(3)9-11-16/h5-7,12,14,16H,8-11,13H2,1-4H3/b7-5-,15-12+,17-6?. The summed E-state index contributed by atoms with van der Waals surface area (Å²) in [6, 6.07) is 0.750. The molecule has 2 nitrogen and oxygen atoms in total. The predicted octanol–water partition coefficient (Wildman–Crippen LogP) is 4.05.